The third kappa shape index (κ3) is 3.04. The van der Waals surface area contributed by atoms with E-state index in [2.05, 4.69) is 0 Å². The van der Waals surface area contributed by atoms with E-state index in [9.17, 15) is 18.9 Å². The van der Waals surface area contributed by atoms with Gasteiger partial charge in [0.2, 0.25) is 0 Å². The normalized spacial score (nSPS) is 10.2. The molecule has 0 heterocycles. The van der Waals surface area contributed by atoms with Crippen molar-refractivity contribution in [2.75, 3.05) is 0 Å². The van der Waals surface area contributed by atoms with Crippen LogP contribution in [0.2, 0.25) is 0 Å². The molecule has 0 saturated carbocycles. The van der Waals surface area contributed by atoms with Crippen LogP contribution in [0.25, 0.3) is 0 Å². The predicted octanol–water partition coefficient (Wildman–Crippen LogP) is 3.45. The summed E-state index contributed by atoms with van der Waals surface area (Å²) in [5, 5.41) is 10.6. The van der Waals surface area contributed by atoms with E-state index in [0.29, 0.717) is 0 Å². The molecule has 0 saturated heterocycles. The van der Waals surface area contributed by atoms with Crippen molar-refractivity contribution in [3.8, 4) is 5.75 Å². The Morgan fingerprint density at radius 3 is 2.63 bits per heavy atom. The van der Waals surface area contributed by atoms with Crippen LogP contribution in [0.4, 0.5) is 14.5 Å². The molecule has 2 aromatic rings. The molecule has 2 aromatic carbocycles. The summed E-state index contributed by atoms with van der Waals surface area (Å²) in [7, 11) is 0. The second-order valence-electron chi connectivity index (χ2n) is 3.76. The van der Waals surface area contributed by atoms with Gasteiger partial charge in [-0.3, -0.25) is 10.1 Å². The summed E-state index contributed by atoms with van der Waals surface area (Å²) in [6.07, 6.45) is 0. The fraction of sp³-hybridized carbons (Fsp3) is 0.0769. The highest BCUT2D eigenvalue weighted by Crippen LogP contribution is 2.21. The van der Waals surface area contributed by atoms with E-state index in [4.69, 9.17) is 4.74 Å². The number of hydrogen-bond acceptors (Lipinski definition) is 3. The van der Waals surface area contributed by atoms with E-state index in [0.717, 1.165) is 6.07 Å². The number of nitro groups is 1. The molecule has 0 aliphatic carbocycles. The van der Waals surface area contributed by atoms with Gasteiger partial charge in [-0.2, -0.15) is 0 Å². The quantitative estimate of drug-likeness (QED) is 0.628. The average Bonchev–Trinajstić information content (AvgIpc) is 2.41. The molecular weight excluding hydrogens is 256 g/mol. The lowest BCUT2D eigenvalue weighted by Gasteiger charge is -2.07. The standard InChI is InChI=1S/C13H9F2NO3/c14-12-6-1-3-9(13(12)15)8-19-11-5-2-4-10(7-11)16(17)18/h1-7H,8H2. The van der Waals surface area contributed by atoms with Crippen LogP contribution in [-0.4, -0.2) is 4.92 Å². The summed E-state index contributed by atoms with van der Waals surface area (Å²) in [5.74, 6) is -1.72. The predicted molar refractivity (Wildman–Crippen MR) is 63.8 cm³/mol. The van der Waals surface area contributed by atoms with Crippen molar-refractivity contribution in [1.82, 2.24) is 0 Å². The molecule has 0 spiro atoms. The number of non-ortho nitro benzene ring substituents is 1. The van der Waals surface area contributed by atoms with Crippen LogP contribution in [0, 0.1) is 21.7 Å². The molecule has 0 aromatic heterocycles. The molecule has 0 unspecified atom stereocenters. The summed E-state index contributed by atoms with van der Waals surface area (Å²) in [4.78, 5) is 10.0. The first kappa shape index (κ1) is 12.9. The minimum absolute atomic E-state index is 0.0477. The summed E-state index contributed by atoms with van der Waals surface area (Å²) < 4.78 is 31.5. The van der Waals surface area contributed by atoms with Gasteiger partial charge in [-0.25, -0.2) is 8.78 Å². The third-order valence-electron chi connectivity index (χ3n) is 2.45. The van der Waals surface area contributed by atoms with Gasteiger partial charge in [-0.05, 0) is 12.1 Å². The van der Waals surface area contributed by atoms with Crippen LogP contribution in [0.5, 0.6) is 5.75 Å². The number of nitrogens with zero attached hydrogens (tertiary/aromatic N) is 1. The Kier molecular flexibility index (Phi) is 3.70. The van der Waals surface area contributed by atoms with Crippen molar-refractivity contribution in [1.29, 1.82) is 0 Å². The Morgan fingerprint density at radius 1 is 1.16 bits per heavy atom. The van der Waals surface area contributed by atoms with Gasteiger partial charge < -0.3 is 4.74 Å². The number of nitro benzene ring substituents is 1. The highest BCUT2D eigenvalue weighted by Gasteiger charge is 2.10. The highest BCUT2D eigenvalue weighted by atomic mass is 19.2. The fourth-order valence-corrected chi connectivity index (χ4v) is 1.51. The second kappa shape index (κ2) is 5.43. The zero-order chi connectivity index (χ0) is 13.8. The van der Waals surface area contributed by atoms with Crippen LogP contribution < -0.4 is 4.74 Å². The summed E-state index contributed by atoms with van der Waals surface area (Å²) >= 11 is 0. The van der Waals surface area contributed by atoms with Gasteiger partial charge in [-0.15, -0.1) is 0 Å². The summed E-state index contributed by atoms with van der Waals surface area (Å²) in [5.41, 5.74) is -0.0799. The maximum absolute atomic E-state index is 13.3. The molecule has 0 N–H and O–H groups in total. The maximum Gasteiger partial charge on any atom is 0.273 e. The van der Waals surface area contributed by atoms with Gasteiger partial charge in [0.05, 0.1) is 11.0 Å². The Hall–Kier alpha value is -2.50. The maximum atomic E-state index is 13.3. The third-order valence-corrected chi connectivity index (χ3v) is 2.45. The van der Waals surface area contributed by atoms with Gasteiger partial charge >= 0.3 is 0 Å². The molecule has 98 valence electrons. The average molecular weight is 265 g/mol. The van der Waals surface area contributed by atoms with Crippen molar-refractivity contribution < 1.29 is 18.4 Å². The number of rotatable bonds is 4. The molecule has 0 atom stereocenters. The topological polar surface area (TPSA) is 52.4 Å². The second-order valence-corrected chi connectivity index (χ2v) is 3.76. The van der Waals surface area contributed by atoms with Crippen molar-refractivity contribution in [2.24, 2.45) is 0 Å². The number of hydrogen-bond donors (Lipinski definition) is 0. The van der Waals surface area contributed by atoms with Crippen molar-refractivity contribution >= 4 is 5.69 Å². The van der Waals surface area contributed by atoms with E-state index in [1.54, 1.807) is 0 Å². The first-order chi connectivity index (χ1) is 9.08. The smallest absolute Gasteiger partial charge is 0.273 e. The van der Waals surface area contributed by atoms with E-state index >= 15 is 0 Å². The lowest BCUT2D eigenvalue weighted by Crippen LogP contribution is -2.00. The van der Waals surface area contributed by atoms with Gasteiger partial charge in [-0.1, -0.05) is 18.2 Å². The van der Waals surface area contributed by atoms with Crippen molar-refractivity contribution in [3.63, 3.8) is 0 Å². The molecule has 6 heteroatoms. The lowest BCUT2D eigenvalue weighted by atomic mass is 10.2. The molecule has 19 heavy (non-hydrogen) atoms. The highest BCUT2D eigenvalue weighted by molar-refractivity contribution is 5.38. The summed E-state index contributed by atoms with van der Waals surface area (Å²) in [6, 6.07) is 9.25. The van der Waals surface area contributed by atoms with Gasteiger partial charge in [0.1, 0.15) is 12.4 Å². The Balaban J connectivity index is 2.12. The number of benzene rings is 2. The van der Waals surface area contributed by atoms with Crippen LogP contribution >= 0.6 is 0 Å². The van der Waals surface area contributed by atoms with E-state index < -0.39 is 16.6 Å². The van der Waals surface area contributed by atoms with Gasteiger partial charge in [0, 0.05) is 11.6 Å². The summed E-state index contributed by atoms with van der Waals surface area (Å²) in [6.45, 7) is -0.204. The number of ether oxygens (including phenoxy) is 1. The number of halogens is 2. The van der Waals surface area contributed by atoms with E-state index in [1.807, 2.05) is 0 Å². The van der Waals surface area contributed by atoms with Gasteiger partial charge in [0.15, 0.2) is 11.6 Å². The molecule has 4 nitrogen and oxygen atoms in total. The lowest BCUT2D eigenvalue weighted by molar-refractivity contribution is -0.384. The minimum Gasteiger partial charge on any atom is -0.489 e. The first-order valence-corrected chi connectivity index (χ1v) is 5.38. The van der Waals surface area contributed by atoms with Crippen molar-refractivity contribution in [2.45, 2.75) is 6.61 Å². The van der Waals surface area contributed by atoms with Crippen LogP contribution in [0.1, 0.15) is 5.56 Å². The molecule has 0 amide bonds. The zero-order valence-corrected chi connectivity index (χ0v) is 9.68. The molecule has 0 aliphatic rings. The van der Waals surface area contributed by atoms with Crippen LogP contribution in [0.15, 0.2) is 42.5 Å². The molecule has 0 radical (unpaired) electrons. The largest absolute Gasteiger partial charge is 0.489 e. The van der Waals surface area contributed by atoms with Crippen LogP contribution in [0.3, 0.4) is 0 Å². The van der Waals surface area contributed by atoms with Crippen LogP contribution in [-0.2, 0) is 6.61 Å². The Morgan fingerprint density at radius 2 is 1.89 bits per heavy atom. The first-order valence-electron chi connectivity index (χ1n) is 5.38. The molecule has 0 aliphatic heterocycles. The Labute approximate surface area is 107 Å². The van der Waals surface area contributed by atoms with E-state index in [-0.39, 0.29) is 23.6 Å². The Bertz CT molecular complexity index is 617. The molecular formula is C13H9F2NO3. The molecule has 0 fully saturated rings. The van der Waals surface area contributed by atoms with E-state index in [1.165, 1.54) is 36.4 Å². The monoisotopic (exact) mass is 265 g/mol. The van der Waals surface area contributed by atoms with Gasteiger partial charge in [0.25, 0.3) is 5.69 Å². The fourth-order valence-electron chi connectivity index (χ4n) is 1.51. The van der Waals surface area contributed by atoms with Crippen molar-refractivity contribution in [3.05, 3.63) is 69.8 Å². The molecule has 2 rings (SSSR count). The zero-order valence-electron chi connectivity index (χ0n) is 9.68. The minimum atomic E-state index is -0.979. The SMILES string of the molecule is O=[N+]([O-])c1cccc(OCc2cccc(F)c2F)c1. The molecule has 0 bridgehead atoms.